The highest BCUT2D eigenvalue weighted by atomic mass is 32.2. The number of aliphatic hydroxyl groups is 1. The lowest BCUT2D eigenvalue weighted by molar-refractivity contribution is 0.204. The third kappa shape index (κ3) is 1.19. The third-order valence-corrected chi connectivity index (χ3v) is 3.14. The Morgan fingerprint density at radius 2 is 2.42 bits per heavy atom. The standard InChI is InChI=1S/C9H10O2S/c1-11-6-2-3-9-7(4-6)8(10)5-12-9/h2-4,8,10H,5H2,1H3. The number of hydrogen-bond donors (Lipinski definition) is 1. The van der Waals surface area contributed by atoms with Crippen molar-refractivity contribution < 1.29 is 9.84 Å². The number of methoxy groups -OCH3 is 1. The van der Waals surface area contributed by atoms with Crippen LogP contribution in [0, 0.1) is 0 Å². The Morgan fingerprint density at radius 1 is 1.58 bits per heavy atom. The third-order valence-electron chi connectivity index (χ3n) is 1.97. The van der Waals surface area contributed by atoms with Crippen molar-refractivity contribution in [3.63, 3.8) is 0 Å². The van der Waals surface area contributed by atoms with Crippen LogP contribution in [0.1, 0.15) is 11.7 Å². The molecule has 0 spiro atoms. The van der Waals surface area contributed by atoms with Crippen molar-refractivity contribution in [2.45, 2.75) is 11.0 Å². The Labute approximate surface area is 75.6 Å². The van der Waals surface area contributed by atoms with E-state index in [1.54, 1.807) is 18.9 Å². The lowest BCUT2D eigenvalue weighted by Crippen LogP contribution is -1.94. The molecule has 0 bridgehead atoms. The summed E-state index contributed by atoms with van der Waals surface area (Å²) in [5, 5.41) is 9.52. The summed E-state index contributed by atoms with van der Waals surface area (Å²) in [6, 6.07) is 5.82. The minimum atomic E-state index is -0.319. The molecule has 2 nitrogen and oxygen atoms in total. The number of ether oxygens (including phenoxy) is 1. The summed E-state index contributed by atoms with van der Waals surface area (Å²) >= 11 is 1.69. The minimum Gasteiger partial charge on any atom is -0.497 e. The van der Waals surface area contributed by atoms with Crippen LogP contribution in [0.25, 0.3) is 0 Å². The molecule has 0 aliphatic carbocycles. The van der Waals surface area contributed by atoms with Crippen molar-refractivity contribution in [3.05, 3.63) is 23.8 Å². The number of hydrogen-bond acceptors (Lipinski definition) is 3. The number of aliphatic hydroxyl groups excluding tert-OH is 1. The van der Waals surface area contributed by atoms with Gasteiger partial charge in [0.2, 0.25) is 0 Å². The summed E-state index contributed by atoms with van der Waals surface area (Å²) in [5.41, 5.74) is 0.999. The fourth-order valence-electron chi connectivity index (χ4n) is 1.30. The molecule has 1 heterocycles. The summed E-state index contributed by atoms with van der Waals surface area (Å²) in [5.74, 6) is 1.58. The van der Waals surface area contributed by atoms with Gasteiger partial charge in [-0.05, 0) is 23.8 Å². The molecule has 1 aromatic carbocycles. The maximum atomic E-state index is 9.52. The highest BCUT2D eigenvalue weighted by Crippen LogP contribution is 2.39. The van der Waals surface area contributed by atoms with E-state index in [4.69, 9.17) is 4.74 Å². The lowest BCUT2D eigenvalue weighted by atomic mass is 10.1. The molecular formula is C9H10O2S. The van der Waals surface area contributed by atoms with Gasteiger partial charge >= 0.3 is 0 Å². The van der Waals surface area contributed by atoms with Crippen molar-refractivity contribution >= 4 is 11.8 Å². The van der Waals surface area contributed by atoms with Crippen LogP contribution in [0.5, 0.6) is 5.75 Å². The minimum absolute atomic E-state index is 0.319. The zero-order chi connectivity index (χ0) is 8.55. The smallest absolute Gasteiger partial charge is 0.119 e. The second kappa shape index (κ2) is 2.99. The number of fused-ring (bicyclic) bond motifs is 1. The van der Waals surface area contributed by atoms with Gasteiger partial charge in [0.05, 0.1) is 13.2 Å². The van der Waals surface area contributed by atoms with Crippen molar-refractivity contribution in [2.24, 2.45) is 0 Å². The van der Waals surface area contributed by atoms with E-state index in [9.17, 15) is 5.11 Å². The molecule has 1 aromatic rings. The molecule has 0 aromatic heterocycles. The molecule has 12 heavy (non-hydrogen) atoms. The first-order chi connectivity index (χ1) is 5.81. The van der Waals surface area contributed by atoms with Crippen LogP contribution in [-0.2, 0) is 0 Å². The van der Waals surface area contributed by atoms with E-state index in [1.807, 2.05) is 18.2 Å². The highest BCUT2D eigenvalue weighted by Gasteiger charge is 2.20. The number of thioether (sulfide) groups is 1. The van der Waals surface area contributed by atoms with Gasteiger partial charge in [-0.1, -0.05) is 0 Å². The summed E-state index contributed by atoms with van der Waals surface area (Å²) in [6.07, 6.45) is -0.319. The maximum absolute atomic E-state index is 9.52. The average molecular weight is 182 g/mol. The van der Waals surface area contributed by atoms with Crippen LogP contribution in [-0.4, -0.2) is 18.0 Å². The van der Waals surface area contributed by atoms with Crippen molar-refractivity contribution in [3.8, 4) is 5.75 Å². The quantitative estimate of drug-likeness (QED) is 0.718. The largest absolute Gasteiger partial charge is 0.497 e. The molecule has 0 amide bonds. The average Bonchev–Trinajstić information content (AvgIpc) is 2.47. The molecule has 2 rings (SSSR count). The summed E-state index contributed by atoms with van der Waals surface area (Å²) in [7, 11) is 1.64. The first-order valence-corrected chi connectivity index (χ1v) is 4.78. The fraction of sp³-hybridized carbons (Fsp3) is 0.333. The Balaban J connectivity index is 2.43. The molecule has 0 fully saturated rings. The summed E-state index contributed by atoms with van der Waals surface area (Å²) < 4.78 is 5.07. The molecule has 0 saturated heterocycles. The van der Waals surface area contributed by atoms with Crippen LogP contribution in [0.2, 0.25) is 0 Å². The normalized spacial score (nSPS) is 20.7. The molecule has 0 saturated carbocycles. The Morgan fingerprint density at radius 3 is 3.17 bits per heavy atom. The summed E-state index contributed by atoms with van der Waals surface area (Å²) in [4.78, 5) is 1.17. The van der Waals surface area contributed by atoms with Crippen molar-refractivity contribution in [2.75, 3.05) is 12.9 Å². The molecular weight excluding hydrogens is 172 g/mol. The van der Waals surface area contributed by atoms with Gasteiger partial charge in [0.15, 0.2) is 0 Å². The predicted octanol–water partition coefficient (Wildman–Crippen LogP) is 1.83. The van der Waals surface area contributed by atoms with Gasteiger partial charge in [-0.15, -0.1) is 11.8 Å². The van der Waals surface area contributed by atoms with E-state index in [2.05, 4.69) is 0 Å². The van der Waals surface area contributed by atoms with Gasteiger partial charge < -0.3 is 9.84 Å². The van der Waals surface area contributed by atoms with E-state index in [1.165, 1.54) is 4.90 Å². The maximum Gasteiger partial charge on any atom is 0.119 e. The Kier molecular flexibility index (Phi) is 1.98. The van der Waals surface area contributed by atoms with Gasteiger partial charge in [0, 0.05) is 10.6 Å². The second-order valence-corrected chi connectivity index (χ2v) is 3.79. The SMILES string of the molecule is COc1ccc2c(c1)C(O)CS2. The molecule has 64 valence electrons. The van der Waals surface area contributed by atoms with Crippen LogP contribution in [0.15, 0.2) is 23.1 Å². The van der Waals surface area contributed by atoms with Crippen LogP contribution in [0.3, 0.4) is 0 Å². The lowest BCUT2D eigenvalue weighted by Gasteiger charge is -2.04. The zero-order valence-electron chi connectivity index (χ0n) is 6.78. The van der Waals surface area contributed by atoms with Crippen LogP contribution in [0.4, 0.5) is 0 Å². The van der Waals surface area contributed by atoms with Gasteiger partial charge in [-0.3, -0.25) is 0 Å². The first kappa shape index (κ1) is 7.95. The molecule has 0 radical (unpaired) electrons. The fourth-order valence-corrected chi connectivity index (χ4v) is 2.35. The van der Waals surface area contributed by atoms with Gasteiger partial charge in [0.1, 0.15) is 5.75 Å². The van der Waals surface area contributed by atoms with E-state index in [0.29, 0.717) is 0 Å². The first-order valence-electron chi connectivity index (χ1n) is 3.80. The zero-order valence-corrected chi connectivity index (χ0v) is 7.60. The molecule has 1 atom stereocenters. The topological polar surface area (TPSA) is 29.5 Å². The van der Waals surface area contributed by atoms with Gasteiger partial charge in [-0.2, -0.15) is 0 Å². The Hall–Kier alpha value is -0.670. The number of benzene rings is 1. The van der Waals surface area contributed by atoms with Crippen LogP contribution >= 0.6 is 11.8 Å². The van der Waals surface area contributed by atoms with Crippen LogP contribution < -0.4 is 4.74 Å². The molecule has 1 aliphatic rings. The molecule has 1 unspecified atom stereocenters. The van der Waals surface area contributed by atoms with E-state index in [0.717, 1.165) is 17.1 Å². The van der Waals surface area contributed by atoms with Crippen molar-refractivity contribution in [1.29, 1.82) is 0 Å². The van der Waals surface area contributed by atoms with Gasteiger partial charge in [0.25, 0.3) is 0 Å². The summed E-state index contributed by atoms with van der Waals surface area (Å²) in [6.45, 7) is 0. The highest BCUT2D eigenvalue weighted by molar-refractivity contribution is 7.99. The monoisotopic (exact) mass is 182 g/mol. The van der Waals surface area contributed by atoms with E-state index in [-0.39, 0.29) is 6.10 Å². The molecule has 1 N–H and O–H groups in total. The van der Waals surface area contributed by atoms with Gasteiger partial charge in [-0.25, -0.2) is 0 Å². The van der Waals surface area contributed by atoms with E-state index < -0.39 is 0 Å². The predicted molar refractivity (Wildman–Crippen MR) is 48.7 cm³/mol. The Bertz CT molecular complexity index is 299. The van der Waals surface area contributed by atoms with E-state index >= 15 is 0 Å². The number of rotatable bonds is 1. The van der Waals surface area contributed by atoms with Crippen molar-refractivity contribution in [1.82, 2.24) is 0 Å². The second-order valence-electron chi connectivity index (χ2n) is 2.73. The molecule has 3 heteroatoms. The molecule has 1 aliphatic heterocycles.